The van der Waals surface area contributed by atoms with E-state index in [-0.39, 0.29) is 5.91 Å². The van der Waals surface area contributed by atoms with Crippen molar-refractivity contribution in [2.24, 2.45) is 0 Å². The van der Waals surface area contributed by atoms with Gasteiger partial charge in [-0.25, -0.2) is 0 Å². The van der Waals surface area contributed by atoms with Gasteiger partial charge in [0.1, 0.15) is 0 Å². The predicted molar refractivity (Wildman–Crippen MR) is 86.8 cm³/mol. The predicted octanol–water partition coefficient (Wildman–Crippen LogP) is 2.86. The highest BCUT2D eigenvalue weighted by Gasteiger charge is 2.19. The van der Waals surface area contributed by atoms with Gasteiger partial charge in [-0.2, -0.15) is 0 Å². The second-order valence-corrected chi connectivity index (χ2v) is 6.18. The van der Waals surface area contributed by atoms with Crippen molar-refractivity contribution in [3.8, 4) is 0 Å². The van der Waals surface area contributed by atoms with Crippen molar-refractivity contribution >= 4 is 17.3 Å². The molecule has 1 aromatic carbocycles. The topological polar surface area (TPSA) is 44.4 Å². The zero-order valence-corrected chi connectivity index (χ0v) is 12.8. The highest BCUT2D eigenvalue weighted by molar-refractivity contribution is 5.94. The third-order valence-electron chi connectivity index (χ3n) is 4.50. The summed E-state index contributed by atoms with van der Waals surface area (Å²) in [6.07, 6.45) is 5.13. The lowest BCUT2D eigenvalue weighted by molar-refractivity contribution is -0.116. The van der Waals surface area contributed by atoms with Gasteiger partial charge in [0.15, 0.2) is 0 Å². The Morgan fingerprint density at radius 3 is 2.86 bits per heavy atom. The largest absolute Gasteiger partial charge is 0.382 e. The number of aryl methyl sites for hydroxylation is 1. The summed E-state index contributed by atoms with van der Waals surface area (Å²) in [5, 5.41) is 6.60. The lowest BCUT2D eigenvalue weighted by Crippen LogP contribution is -2.39. The van der Waals surface area contributed by atoms with E-state index in [1.54, 1.807) is 0 Å². The molecule has 2 N–H and O–H groups in total. The summed E-state index contributed by atoms with van der Waals surface area (Å²) in [7, 11) is 0. The summed E-state index contributed by atoms with van der Waals surface area (Å²) >= 11 is 0. The Labute approximate surface area is 126 Å². The van der Waals surface area contributed by atoms with Crippen LogP contribution in [0.5, 0.6) is 0 Å². The number of carbonyl (C=O) groups excluding carboxylic acids is 1. The summed E-state index contributed by atoms with van der Waals surface area (Å²) < 4.78 is 0. The van der Waals surface area contributed by atoms with Crippen LogP contribution in [0.25, 0.3) is 0 Å². The number of rotatable bonds is 4. The van der Waals surface area contributed by atoms with Gasteiger partial charge in [0.2, 0.25) is 5.91 Å². The first-order valence-electron chi connectivity index (χ1n) is 8.16. The molecule has 4 heteroatoms. The molecule has 1 saturated heterocycles. The number of piperidine rings is 1. The van der Waals surface area contributed by atoms with Crippen LogP contribution in [0.15, 0.2) is 18.2 Å². The average Bonchev–Trinajstić information content (AvgIpc) is 2.50. The Balaban J connectivity index is 1.58. The highest BCUT2D eigenvalue weighted by Crippen LogP contribution is 2.27. The third kappa shape index (κ3) is 3.56. The second kappa shape index (κ2) is 6.48. The van der Waals surface area contributed by atoms with E-state index in [4.69, 9.17) is 0 Å². The number of nitrogens with one attached hydrogen (secondary N) is 2. The lowest BCUT2D eigenvalue weighted by Gasteiger charge is -2.32. The van der Waals surface area contributed by atoms with Crippen molar-refractivity contribution in [3.63, 3.8) is 0 Å². The molecule has 0 saturated carbocycles. The Hall–Kier alpha value is -1.55. The molecular formula is C17H25N3O. The van der Waals surface area contributed by atoms with Crippen LogP contribution in [-0.4, -0.2) is 36.5 Å². The second-order valence-electron chi connectivity index (χ2n) is 6.18. The van der Waals surface area contributed by atoms with E-state index in [1.165, 1.54) is 50.1 Å². The van der Waals surface area contributed by atoms with E-state index in [0.717, 1.165) is 12.1 Å². The summed E-state index contributed by atoms with van der Waals surface area (Å²) in [5.41, 5.74) is 3.43. The van der Waals surface area contributed by atoms with Gasteiger partial charge in [-0.05, 0) is 56.0 Å². The number of benzene rings is 1. The maximum Gasteiger partial charge on any atom is 0.224 e. The SMILES string of the molecule is CCCN1CCC(Nc2ccc3c(c2)CCC(=O)N3)CC1. The molecule has 3 rings (SSSR count). The maximum absolute atomic E-state index is 11.4. The Morgan fingerprint density at radius 1 is 1.29 bits per heavy atom. The smallest absolute Gasteiger partial charge is 0.224 e. The third-order valence-corrected chi connectivity index (χ3v) is 4.50. The Bertz CT molecular complexity index is 507. The molecule has 1 fully saturated rings. The zero-order valence-electron chi connectivity index (χ0n) is 12.8. The molecule has 21 heavy (non-hydrogen) atoms. The summed E-state index contributed by atoms with van der Waals surface area (Å²) in [6.45, 7) is 5.88. The molecule has 0 aromatic heterocycles. The van der Waals surface area contributed by atoms with Crippen molar-refractivity contribution in [3.05, 3.63) is 23.8 Å². The highest BCUT2D eigenvalue weighted by atomic mass is 16.1. The molecule has 0 atom stereocenters. The van der Waals surface area contributed by atoms with E-state index in [1.807, 2.05) is 6.07 Å². The minimum absolute atomic E-state index is 0.131. The number of hydrogen-bond donors (Lipinski definition) is 2. The number of carbonyl (C=O) groups is 1. The fourth-order valence-electron chi connectivity index (χ4n) is 3.33. The van der Waals surface area contributed by atoms with E-state index in [0.29, 0.717) is 12.5 Å². The van der Waals surface area contributed by atoms with E-state index in [2.05, 4.69) is 34.6 Å². The molecule has 2 heterocycles. The van der Waals surface area contributed by atoms with Gasteiger partial charge >= 0.3 is 0 Å². The maximum atomic E-state index is 11.4. The molecule has 114 valence electrons. The standard InChI is InChI=1S/C17H25N3O/c1-2-9-20-10-7-14(8-11-20)18-15-4-5-16-13(12-15)3-6-17(21)19-16/h4-5,12,14,18H,2-3,6-11H2,1H3,(H,19,21). The van der Waals surface area contributed by atoms with Gasteiger partial charge in [-0.15, -0.1) is 0 Å². The molecule has 2 aliphatic heterocycles. The van der Waals surface area contributed by atoms with Gasteiger partial charge in [0.05, 0.1) is 0 Å². The summed E-state index contributed by atoms with van der Waals surface area (Å²) in [5.74, 6) is 0.131. The fourth-order valence-corrected chi connectivity index (χ4v) is 3.33. The van der Waals surface area contributed by atoms with Crippen molar-refractivity contribution in [1.82, 2.24) is 4.90 Å². The van der Waals surface area contributed by atoms with Crippen molar-refractivity contribution in [2.75, 3.05) is 30.3 Å². The van der Waals surface area contributed by atoms with Crippen LogP contribution in [0, 0.1) is 0 Å². The van der Waals surface area contributed by atoms with Crippen LogP contribution in [0.4, 0.5) is 11.4 Å². The summed E-state index contributed by atoms with van der Waals surface area (Å²) in [6, 6.07) is 6.89. The first-order chi connectivity index (χ1) is 10.2. The van der Waals surface area contributed by atoms with Crippen LogP contribution in [0.3, 0.4) is 0 Å². The van der Waals surface area contributed by atoms with Crippen LogP contribution in [-0.2, 0) is 11.2 Å². The van der Waals surface area contributed by atoms with Gasteiger partial charge in [-0.3, -0.25) is 4.79 Å². The molecule has 4 nitrogen and oxygen atoms in total. The molecule has 0 bridgehead atoms. The van der Waals surface area contributed by atoms with Crippen LogP contribution in [0.1, 0.15) is 38.2 Å². The fraction of sp³-hybridized carbons (Fsp3) is 0.588. The van der Waals surface area contributed by atoms with Crippen LogP contribution in [0.2, 0.25) is 0 Å². The monoisotopic (exact) mass is 287 g/mol. The first-order valence-corrected chi connectivity index (χ1v) is 8.16. The molecule has 1 amide bonds. The van der Waals surface area contributed by atoms with Gasteiger partial charge in [0.25, 0.3) is 0 Å². The van der Waals surface area contributed by atoms with E-state index < -0.39 is 0 Å². The average molecular weight is 287 g/mol. The van der Waals surface area contributed by atoms with Gasteiger partial charge < -0.3 is 15.5 Å². The zero-order chi connectivity index (χ0) is 14.7. The molecule has 1 aromatic rings. The number of anilines is 2. The van der Waals surface area contributed by atoms with Gasteiger partial charge in [-0.1, -0.05) is 6.92 Å². The number of hydrogen-bond acceptors (Lipinski definition) is 3. The molecule has 0 aliphatic carbocycles. The Morgan fingerprint density at radius 2 is 2.10 bits per heavy atom. The van der Waals surface area contributed by atoms with Crippen molar-refractivity contribution in [2.45, 2.75) is 45.1 Å². The number of likely N-dealkylation sites (tertiary alicyclic amines) is 1. The van der Waals surface area contributed by atoms with Crippen molar-refractivity contribution in [1.29, 1.82) is 0 Å². The molecule has 0 unspecified atom stereocenters. The van der Waals surface area contributed by atoms with E-state index >= 15 is 0 Å². The molecular weight excluding hydrogens is 262 g/mol. The minimum atomic E-state index is 0.131. The molecule has 2 aliphatic rings. The quantitative estimate of drug-likeness (QED) is 0.895. The van der Waals surface area contributed by atoms with Crippen molar-refractivity contribution < 1.29 is 4.79 Å². The number of amides is 1. The van der Waals surface area contributed by atoms with Gasteiger partial charge in [0, 0.05) is 36.9 Å². The Kier molecular flexibility index (Phi) is 4.44. The molecule has 0 spiro atoms. The van der Waals surface area contributed by atoms with Crippen LogP contribution >= 0.6 is 0 Å². The normalized spacial score (nSPS) is 20.0. The molecule has 0 radical (unpaired) electrons. The number of fused-ring (bicyclic) bond motifs is 1. The minimum Gasteiger partial charge on any atom is -0.382 e. The van der Waals surface area contributed by atoms with E-state index in [9.17, 15) is 4.79 Å². The summed E-state index contributed by atoms with van der Waals surface area (Å²) in [4.78, 5) is 13.9. The van der Waals surface area contributed by atoms with Crippen LogP contribution < -0.4 is 10.6 Å². The number of nitrogens with zero attached hydrogens (tertiary/aromatic N) is 1. The first kappa shape index (κ1) is 14.4. The lowest BCUT2D eigenvalue weighted by atomic mass is 10.0.